The highest BCUT2D eigenvalue weighted by Crippen LogP contribution is 2.45. The van der Waals surface area contributed by atoms with Crippen LogP contribution in [-0.4, -0.2) is 96.7 Å². The highest BCUT2D eigenvalue weighted by Gasteiger charge is 2.30. The first-order valence-corrected chi connectivity index (χ1v) is 42.6. The van der Waals surface area contributed by atoms with Gasteiger partial charge in [-0.2, -0.15) is 0 Å². The first-order valence-electron chi connectivity index (χ1n) is 39.6. The minimum absolute atomic E-state index is 0.106. The van der Waals surface area contributed by atoms with E-state index in [9.17, 15) is 43.2 Å². The maximum absolute atomic E-state index is 13.1. The highest BCUT2D eigenvalue weighted by atomic mass is 31.2. The number of hydrogen-bond donors (Lipinski definition) is 3. The van der Waals surface area contributed by atoms with Gasteiger partial charge in [-0.15, -0.1) is 0 Å². The monoisotopic (exact) mass is 1400 g/mol. The van der Waals surface area contributed by atoms with Crippen molar-refractivity contribution >= 4 is 39.5 Å². The Hall–Kier alpha value is -1.94. The van der Waals surface area contributed by atoms with Crippen molar-refractivity contribution in [3.8, 4) is 0 Å². The van der Waals surface area contributed by atoms with Gasteiger partial charge in [-0.05, 0) is 31.6 Å². The van der Waals surface area contributed by atoms with E-state index in [0.29, 0.717) is 25.7 Å². The van der Waals surface area contributed by atoms with Crippen molar-refractivity contribution in [2.24, 2.45) is 5.92 Å². The zero-order valence-corrected chi connectivity index (χ0v) is 63.6. The summed E-state index contributed by atoms with van der Waals surface area (Å²) in [6.45, 7) is 7.28. The van der Waals surface area contributed by atoms with Crippen LogP contribution in [-0.2, 0) is 65.4 Å². The molecule has 0 aliphatic heterocycles. The fourth-order valence-corrected chi connectivity index (χ4v) is 13.3. The molecule has 0 spiro atoms. The zero-order chi connectivity index (χ0) is 69.8. The van der Waals surface area contributed by atoms with Crippen LogP contribution < -0.4 is 0 Å². The van der Waals surface area contributed by atoms with Crippen molar-refractivity contribution in [2.75, 3.05) is 39.6 Å². The molecule has 0 fully saturated rings. The van der Waals surface area contributed by atoms with Crippen LogP contribution in [0.5, 0.6) is 0 Å². The summed E-state index contributed by atoms with van der Waals surface area (Å²) in [6, 6.07) is 0. The van der Waals surface area contributed by atoms with Gasteiger partial charge in [0.15, 0.2) is 12.2 Å². The molecule has 19 heteroatoms. The Labute approximate surface area is 581 Å². The minimum atomic E-state index is -4.96. The number of aliphatic hydroxyl groups is 1. The standard InChI is InChI=1S/C76H148O17P2/c1-6-9-12-15-18-21-24-26-28-29-31-33-35-41-46-51-56-61-75(80)92-72(66-87-74(79)60-55-50-45-40-34-32-30-27-25-22-19-16-13-10-7-2)68-91-95(84,85)89-64-70(77)63-88-94(82,83)90-67-71(65-86-73(78)59-54-49-44-39-23-20-17-14-11-8-3)93-76(81)62-57-52-47-42-37-36-38-43-48-53-58-69(4)5/h69-72,77H,6-68H2,1-5H3,(H,82,83)(H,84,85)/t70-,71+,72+/m0/s1. The van der Waals surface area contributed by atoms with Crippen LogP contribution in [0.3, 0.4) is 0 Å². The third-order valence-electron chi connectivity index (χ3n) is 17.8. The van der Waals surface area contributed by atoms with E-state index in [1.54, 1.807) is 0 Å². The third-order valence-corrected chi connectivity index (χ3v) is 19.7. The van der Waals surface area contributed by atoms with E-state index in [1.807, 2.05) is 0 Å². The van der Waals surface area contributed by atoms with E-state index in [4.69, 9.17) is 37.0 Å². The van der Waals surface area contributed by atoms with Crippen LogP contribution in [0.25, 0.3) is 0 Å². The smallest absolute Gasteiger partial charge is 0.462 e. The predicted molar refractivity (Wildman–Crippen MR) is 386 cm³/mol. The van der Waals surface area contributed by atoms with Crippen molar-refractivity contribution in [1.82, 2.24) is 0 Å². The summed E-state index contributed by atoms with van der Waals surface area (Å²) in [5.74, 6) is -1.36. The van der Waals surface area contributed by atoms with Crippen molar-refractivity contribution in [3.05, 3.63) is 0 Å². The molecule has 17 nitrogen and oxygen atoms in total. The molecule has 0 heterocycles. The van der Waals surface area contributed by atoms with Gasteiger partial charge in [0.25, 0.3) is 0 Å². The molecule has 0 aromatic carbocycles. The van der Waals surface area contributed by atoms with Crippen molar-refractivity contribution < 1.29 is 80.2 Å². The lowest BCUT2D eigenvalue weighted by molar-refractivity contribution is -0.161. The van der Waals surface area contributed by atoms with Crippen LogP contribution in [0.15, 0.2) is 0 Å². The number of hydrogen-bond acceptors (Lipinski definition) is 15. The summed E-state index contributed by atoms with van der Waals surface area (Å²) >= 11 is 0. The fourth-order valence-electron chi connectivity index (χ4n) is 11.7. The van der Waals surface area contributed by atoms with Crippen LogP contribution in [0.2, 0.25) is 0 Å². The molecule has 0 aromatic rings. The maximum atomic E-state index is 13.1. The summed E-state index contributed by atoms with van der Waals surface area (Å²) in [4.78, 5) is 72.8. The summed E-state index contributed by atoms with van der Waals surface area (Å²) < 4.78 is 68.5. The number of phosphoric ester groups is 2. The van der Waals surface area contributed by atoms with Gasteiger partial charge in [0.1, 0.15) is 19.3 Å². The van der Waals surface area contributed by atoms with Gasteiger partial charge < -0.3 is 33.8 Å². The average molecular weight is 1400 g/mol. The molecule has 0 saturated carbocycles. The Kier molecular flexibility index (Phi) is 67.7. The molecular weight excluding hydrogens is 1250 g/mol. The second-order valence-corrected chi connectivity index (χ2v) is 30.8. The van der Waals surface area contributed by atoms with Crippen molar-refractivity contribution in [1.29, 1.82) is 0 Å². The Morgan fingerprint density at radius 2 is 0.484 bits per heavy atom. The summed E-state index contributed by atoms with van der Waals surface area (Å²) in [6.07, 6.45) is 58.1. The Morgan fingerprint density at radius 3 is 0.716 bits per heavy atom. The molecule has 0 saturated heterocycles. The molecule has 2 unspecified atom stereocenters. The van der Waals surface area contributed by atoms with E-state index in [1.165, 1.54) is 225 Å². The number of aliphatic hydroxyl groups excluding tert-OH is 1. The lowest BCUT2D eigenvalue weighted by Crippen LogP contribution is -2.30. The quantitative estimate of drug-likeness (QED) is 0.0222. The van der Waals surface area contributed by atoms with Gasteiger partial charge in [-0.1, -0.05) is 349 Å². The molecule has 95 heavy (non-hydrogen) atoms. The Morgan fingerprint density at radius 1 is 0.284 bits per heavy atom. The summed E-state index contributed by atoms with van der Waals surface area (Å²) in [5, 5.41) is 10.6. The molecule has 564 valence electrons. The number of phosphoric acid groups is 2. The van der Waals surface area contributed by atoms with Crippen molar-refractivity contribution in [2.45, 2.75) is 419 Å². The van der Waals surface area contributed by atoms with Gasteiger partial charge in [-0.3, -0.25) is 37.3 Å². The molecular formula is C76H148O17P2. The fraction of sp³-hybridized carbons (Fsp3) is 0.947. The molecule has 0 radical (unpaired) electrons. The van der Waals surface area contributed by atoms with Gasteiger partial charge in [0.05, 0.1) is 26.4 Å². The number of esters is 4. The summed E-state index contributed by atoms with van der Waals surface area (Å²) in [5.41, 5.74) is 0. The van der Waals surface area contributed by atoms with Gasteiger partial charge in [-0.25, -0.2) is 9.13 Å². The number of unbranched alkanes of at least 4 members (excludes halogenated alkanes) is 48. The minimum Gasteiger partial charge on any atom is -0.462 e. The molecule has 0 bridgehead atoms. The Bertz CT molecular complexity index is 1820. The molecule has 0 rings (SSSR count). The van der Waals surface area contributed by atoms with E-state index < -0.39 is 97.5 Å². The van der Waals surface area contributed by atoms with Crippen LogP contribution in [0.1, 0.15) is 401 Å². The van der Waals surface area contributed by atoms with Gasteiger partial charge in [0.2, 0.25) is 0 Å². The second kappa shape index (κ2) is 69.2. The zero-order valence-electron chi connectivity index (χ0n) is 61.8. The number of carbonyl (C=O) groups excluding carboxylic acids is 4. The SMILES string of the molecule is CCCCCCCCCCCCCCCCCCCC(=O)O[C@H](COC(=O)CCCCCCCCCCCCCCCCC)COP(=O)(O)OC[C@@H](O)COP(=O)(O)OC[C@@H](COC(=O)CCCCCCCCCCCC)OC(=O)CCCCCCCCCCCCC(C)C. The largest absolute Gasteiger partial charge is 0.472 e. The lowest BCUT2D eigenvalue weighted by atomic mass is 10.0. The first kappa shape index (κ1) is 93.1. The molecule has 5 atom stereocenters. The highest BCUT2D eigenvalue weighted by molar-refractivity contribution is 7.47. The summed E-state index contributed by atoms with van der Waals surface area (Å²) in [7, 11) is -9.91. The normalized spacial score (nSPS) is 13.9. The maximum Gasteiger partial charge on any atom is 0.472 e. The van der Waals surface area contributed by atoms with Crippen LogP contribution in [0, 0.1) is 5.92 Å². The molecule has 0 aliphatic carbocycles. The topological polar surface area (TPSA) is 237 Å². The first-order chi connectivity index (χ1) is 46.0. The van der Waals surface area contributed by atoms with E-state index in [-0.39, 0.29) is 25.7 Å². The van der Waals surface area contributed by atoms with E-state index >= 15 is 0 Å². The van der Waals surface area contributed by atoms with Gasteiger partial charge in [0, 0.05) is 25.7 Å². The average Bonchev–Trinajstić information content (AvgIpc) is 1.59. The van der Waals surface area contributed by atoms with Crippen LogP contribution in [0.4, 0.5) is 0 Å². The number of ether oxygens (including phenoxy) is 4. The Balaban J connectivity index is 5.24. The molecule has 3 N–H and O–H groups in total. The van der Waals surface area contributed by atoms with Crippen molar-refractivity contribution in [3.63, 3.8) is 0 Å². The second-order valence-electron chi connectivity index (χ2n) is 27.9. The lowest BCUT2D eigenvalue weighted by Gasteiger charge is -2.21. The van der Waals surface area contributed by atoms with E-state index in [2.05, 4.69) is 34.6 Å². The number of rotatable bonds is 76. The van der Waals surface area contributed by atoms with Gasteiger partial charge >= 0.3 is 39.5 Å². The molecule has 0 aliphatic rings. The van der Waals surface area contributed by atoms with Crippen LogP contribution >= 0.6 is 15.6 Å². The molecule has 0 aromatic heterocycles. The molecule has 0 amide bonds. The predicted octanol–water partition coefficient (Wildman–Crippen LogP) is 22.5. The van der Waals surface area contributed by atoms with E-state index in [0.717, 1.165) is 95.8 Å². The third kappa shape index (κ3) is 70.3. The number of carbonyl (C=O) groups is 4.